The zero-order valence-corrected chi connectivity index (χ0v) is 13.2. The van der Waals surface area contributed by atoms with E-state index in [1.165, 1.54) is 18.4 Å². The van der Waals surface area contributed by atoms with E-state index in [-0.39, 0.29) is 0 Å². The summed E-state index contributed by atoms with van der Waals surface area (Å²) in [7, 11) is 0. The first-order valence-corrected chi connectivity index (χ1v) is 8.36. The summed E-state index contributed by atoms with van der Waals surface area (Å²) in [5, 5.41) is 0.783. The van der Waals surface area contributed by atoms with Gasteiger partial charge in [0.15, 0.2) is 0 Å². The van der Waals surface area contributed by atoms with Crippen LogP contribution in [0.15, 0.2) is 24.3 Å². The fourth-order valence-electron chi connectivity index (χ4n) is 3.41. The average molecular weight is 307 g/mol. The Balaban J connectivity index is 1.48. The van der Waals surface area contributed by atoms with Crippen LogP contribution >= 0.6 is 11.6 Å². The van der Waals surface area contributed by atoms with E-state index in [0.717, 1.165) is 50.6 Å². The molecule has 3 rings (SSSR count). The smallest absolute Gasteiger partial charge is 0.225 e. The largest absolute Gasteiger partial charge is 0.340 e. The first-order chi connectivity index (χ1) is 10.2. The van der Waals surface area contributed by atoms with Crippen molar-refractivity contribution in [2.45, 2.75) is 32.2 Å². The first kappa shape index (κ1) is 14.9. The van der Waals surface area contributed by atoms with E-state index < -0.39 is 0 Å². The molecule has 3 nitrogen and oxygen atoms in total. The minimum Gasteiger partial charge on any atom is -0.340 e. The van der Waals surface area contributed by atoms with Gasteiger partial charge in [-0.2, -0.15) is 0 Å². The van der Waals surface area contributed by atoms with E-state index in [1.807, 2.05) is 12.1 Å². The highest BCUT2D eigenvalue weighted by molar-refractivity contribution is 6.30. The van der Waals surface area contributed by atoms with Gasteiger partial charge in [0, 0.05) is 43.7 Å². The topological polar surface area (TPSA) is 23.6 Å². The molecule has 1 aliphatic heterocycles. The summed E-state index contributed by atoms with van der Waals surface area (Å²) < 4.78 is 0. The number of halogens is 1. The molecule has 0 spiro atoms. The molecule has 0 N–H and O–H groups in total. The van der Waals surface area contributed by atoms with Crippen LogP contribution in [0.4, 0.5) is 0 Å². The van der Waals surface area contributed by atoms with Crippen LogP contribution in [0.1, 0.15) is 31.2 Å². The van der Waals surface area contributed by atoms with Crippen LogP contribution in [-0.4, -0.2) is 41.9 Å². The molecule has 0 unspecified atom stereocenters. The van der Waals surface area contributed by atoms with Gasteiger partial charge in [0.25, 0.3) is 0 Å². The summed E-state index contributed by atoms with van der Waals surface area (Å²) in [4.78, 5) is 16.9. The lowest BCUT2D eigenvalue weighted by Gasteiger charge is -2.36. The number of rotatable bonds is 3. The Morgan fingerprint density at radius 1 is 1.05 bits per heavy atom. The lowest BCUT2D eigenvalue weighted by Crippen LogP contribution is -2.49. The fourth-order valence-corrected chi connectivity index (χ4v) is 3.53. The normalized spacial score (nSPS) is 20.9. The van der Waals surface area contributed by atoms with Gasteiger partial charge < -0.3 is 4.90 Å². The van der Waals surface area contributed by atoms with Crippen molar-refractivity contribution in [2.75, 3.05) is 26.2 Å². The highest BCUT2D eigenvalue weighted by Gasteiger charge is 2.29. The molecule has 114 valence electrons. The summed E-state index contributed by atoms with van der Waals surface area (Å²) in [6.45, 7) is 4.65. The Morgan fingerprint density at radius 2 is 1.67 bits per heavy atom. The van der Waals surface area contributed by atoms with Crippen molar-refractivity contribution in [2.24, 2.45) is 5.92 Å². The van der Waals surface area contributed by atoms with Crippen molar-refractivity contribution in [3.05, 3.63) is 34.9 Å². The second-order valence-electron chi connectivity index (χ2n) is 6.21. The lowest BCUT2D eigenvalue weighted by atomic mass is 10.1. The molecular weight excluding hydrogens is 284 g/mol. The standard InChI is InChI=1S/C17H23ClN2O/c18-16-7-5-14(6-8-16)13-19-9-11-20(12-10-19)17(21)15-3-1-2-4-15/h5-8,15H,1-4,9-13H2. The molecule has 0 atom stereocenters. The summed E-state index contributed by atoms with van der Waals surface area (Å²) in [6, 6.07) is 8.05. The maximum absolute atomic E-state index is 12.4. The number of hydrogen-bond donors (Lipinski definition) is 0. The molecule has 1 saturated heterocycles. The predicted octanol–water partition coefficient (Wildman–Crippen LogP) is 3.17. The summed E-state index contributed by atoms with van der Waals surface area (Å²) in [5.74, 6) is 0.714. The van der Waals surface area contributed by atoms with Gasteiger partial charge in [0.2, 0.25) is 5.91 Å². The minimum atomic E-state index is 0.313. The van der Waals surface area contributed by atoms with Gasteiger partial charge in [-0.05, 0) is 30.5 Å². The number of piperazine rings is 1. The van der Waals surface area contributed by atoms with E-state index in [0.29, 0.717) is 11.8 Å². The number of amides is 1. The maximum atomic E-state index is 12.4. The molecule has 0 aromatic heterocycles. The second-order valence-corrected chi connectivity index (χ2v) is 6.65. The Labute approximate surface area is 131 Å². The summed E-state index contributed by atoms with van der Waals surface area (Å²) in [6.07, 6.45) is 4.66. The lowest BCUT2D eigenvalue weighted by molar-refractivity contribution is -0.137. The van der Waals surface area contributed by atoms with Crippen LogP contribution in [-0.2, 0) is 11.3 Å². The zero-order valence-electron chi connectivity index (χ0n) is 12.4. The Bertz CT molecular complexity index is 474. The first-order valence-electron chi connectivity index (χ1n) is 7.98. The molecule has 1 aromatic carbocycles. The van der Waals surface area contributed by atoms with Crippen LogP contribution in [0.5, 0.6) is 0 Å². The molecule has 1 aromatic rings. The number of carbonyl (C=O) groups excluding carboxylic acids is 1. The highest BCUT2D eigenvalue weighted by Crippen LogP contribution is 2.27. The van der Waals surface area contributed by atoms with Crippen LogP contribution in [0.25, 0.3) is 0 Å². The van der Waals surface area contributed by atoms with Gasteiger partial charge in [-0.3, -0.25) is 9.69 Å². The van der Waals surface area contributed by atoms with Crippen molar-refractivity contribution in [3.63, 3.8) is 0 Å². The molecule has 2 aliphatic rings. The van der Waals surface area contributed by atoms with Crippen LogP contribution < -0.4 is 0 Å². The molecule has 4 heteroatoms. The van der Waals surface area contributed by atoms with Crippen LogP contribution in [0.3, 0.4) is 0 Å². The van der Waals surface area contributed by atoms with Crippen molar-refractivity contribution in [1.82, 2.24) is 9.80 Å². The Kier molecular flexibility index (Phi) is 4.81. The van der Waals surface area contributed by atoms with Gasteiger partial charge in [0.05, 0.1) is 0 Å². The Hall–Kier alpha value is -1.06. The molecular formula is C17H23ClN2O. The molecule has 21 heavy (non-hydrogen) atoms. The molecule has 1 heterocycles. The molecule has 0 bridgehead atoms. The van der Waals surface area contributed by atoms with Gasteiger partial charge >= 0.3 is 0 Å². The third-order valence-electron chi connectivity index (χ3n) is 4.71. The predicted molar refractivity (Wildman–Crippen MR) is 85.3 cm³/mol. The van der Waals surface area contributed by atoms with E-state index in [4.69, 9.17) is 11.6 Å². The van der Waals surface area contributed by atoms with E-state index >= 15 is 0 Å². The maximum Gasteiger partial charge on any atom is 0.225 e. The number of benzene rings is 1. The zero-order chi connectivity index (χ0) is 14.7. The van der Waals surface area contributed by atoms with E-state index in [2.05, 4.69) is 21.9 Å². The van der Waals surface area contributed by atoms with Crippen LogP contribution in [0.2, 0.25) is 5.02 Å². The highest BCUT2D eigenvalue weighted by atomic mass is 35.5. The van der Waals surface area contributed by atoms with Crippen LogP contribution in [0, 0.1) is 5.92 Å². The van der Waals surface area contributed by atoms with Crippen molar-refractivity contribution < 1.29 is 4.79 Å². The monoisotopic (exact) mass is 306 g/mol. The third-order valence-corrected chi connectivity index (χ3v) is 4.96. The summed E-state index contributed by atoms with van der Waals surface area (Å²) >= 11 is 5.91. The number of carbonyl (C=O) groups is 1. The van der Waals surface area contributed by atoms with Gasteiger partial charge in [0.1, 0.15) is 0 Å². The van der Waals surface area contributed by atoms with Crippen molar-refractivity contribution >= 4 is 17.5 Å². The molecule has 1 aliphatic carbocycles. The second kappa shape index (κ2) is 6.80. The van der Waals surface area contributed by atoms with Gasteiger partial charge in [-0.25, -0.2) is 0 Å². The minimum absolute atomic E-state index is 0.313. The van der Waals surface area contributed by atoms with Crippen molar-refractivity contribution in [3.8, 4) is 0 Å². The number of hydrogen-bond acceptors (Lipinski definition) is 2. The molecule has 1 saturated carbocycles. The summed E-state index contributed by atoms with van der Waals surface area (Å²) in [5.41, 5.74) is 1.29. The quantitative estimate of drug-likeness (QED) is 0.856. The Morgan fingerprint density at radius 3 is 2.29 bits per heavy atom. The SMILES string of the molecule is O=C(C1CCCC1)N1CCN(Cc2ccc(Cl)cc2)CC1. The molecule has 0 radical (unpaired) electrons. The van der Waals surface area contributed by atoms with E-state index in [1.54, 1.807) is 0 Å². The van der Waals surface area contributed by atoms with Crippen molar-refractivity contribution in [1.29, 1.82) is 0 Å². The third kappa shape index (κ3) is 3.78. The van der Waals surface area contributed by atoms with Gasteiger partial charge in [-0.1, -0.05) is 36.6 Å². The fraction of sp³-hybridized carbons (Fsp3) is 0.588. The number of nitrogens with zero attached hydrogens (tertiary/aromatic N) is 2. The molecule has 2 fully saturated rings. The van der Waals surface area contributed by atoms with E-state index in [9.17, 15) is 4.79 Å². The average Bonchev–Trinajstić information content (AvgIpc) is 3.04. The van der Waals surface area contributed by atoms with Gasteiger partial charge in [-0.15, -0.1) is 0 Å². The molecule has 1 amide bonds.